The maximum Gasteiger partial charge on any atom is 0.272 e. The highest BCUT2D eigenvalue weighted by Gasteiger charge is 2.13. The minimum absolute atomic E-state index is 0.108. The van der Waals surface area contributed by atoms with E-state index in [9.17, 15) is 4.79 Å². The van der Waals surface area contributed by atoms with E-state index in [1.54, 1.807) is 24.2 Å². The molecule has 5 heteroatoms. The first kappa shape index (κ1) is 16.8. The summed E-state index contributed by atoms with van der Waals surface area (Å²) in [5.41, 5.74) is 2.49. The van der Waals surface area contributed by atoms with E-state index >= 15 is 0 Å². The Morgan fingerprint density at radius 3 is 2.48 bits per heavy atom. The van der Waals surface area contributed by atoms with Crippen LogP contribution in [-0.4, -0.2) is 50.1 Å². The van der Waals surface area contributed by atoms with Crippen molar-refractivity contribution in [1.29, 1.82) is 0 Å². The first-order valence-electron chi connectivity index (χ1n) is 7.56. The van der Waals surface area contributed by atoms with Crippen LogP contribution in [0.5, 0.6) is 5.75 Å². The van der Waals surface area contributed by atoms with Gasteiger partial charge in [-0.2, -0.15) is 0 Å². The maximum absolute atomic E-state index is 12.3. The van der Waals surface area contributed by atoms with E-state index in [0.29, 0.717) is 18.8 Å². The van der Waals surface area contributed by atoms with Gasteiger partial charge in [0.05, 0.1) is 18.4 Å². The molecule has 0 fully saturated rings. The highest BCUT2D eigenvalue weighted by Crippen LogP contribution is 2.16. The second kappa shape index (κ2) is 7.63. The fraction of sp³-hybridized carbons (Fsp3) is 0.333. The van der Waals surface area contributed by atoms with Gasteiger partial charge in [0.15, 0.2) is 0 Å². The fourth-order valence-corrected chi connectivity index (χ4v) is 2.09. The molecule has 2 rings (SSSR count). The summed E-state index contributed by atoms with van der Waals surface area (Å²) in [6.07, 6.45) is 1.70. The molecule has 0 N–H and O–H groups in total. The summed E-state index contributed by atoms with van der Waals surface area (Å²) in [7, 11) is 5.63. The smallest absolute Gasteiger partial charge is 0.272 e. The summed E-state index contributed by atoms with van der Waals surface area (Å²) in [5.74, 6) is 0.741. The number of aryl methyl sites for hydroxylation is 1. The third-order valence-corrected chi connectivity index (χ3v) is 3.61. The van der Waals surface area contributed by atoms with Gasteiger partial charge >= 0.3 is 0 Å². The second-order valence-corrected chi connectivity index (χ2v) is 5.64. The molecule has 0 bridgehead atoms. The number of ether oxygens (including phenoxy) is 1. The molecule has 0 aliphatic carbocycles. The summed E-state index contributed by atoms with van der Waals surface area (Å²) in [6, 6.07) is 11.5. The summed E-state index contributed by atoms with van der Waals surface area (Å²) in [6.45, 7) is 2.95. The largest absolute Gasteiger partial charge is 0.491 e. The minimum atomic E-state index is -0.108. The van der Waals surface area contributed by atoms with E-state index in [1.165, 1.54) is 0 Å². The van der Waals surface area contributed by atoms with Crippen LogP contribution in [0.15, 0.2) is 42.6 Å². The summed E-state index contributed by atoms with van der Waals surface area (Å²) in [5, 5.41) is 0. The van der Waals surface area contributed by atoms with Gasteiger partial charge in [-0.3, -0.25) is 4.79 Å². The van der Waals surface area contributed by atoms with Gasteiger partial charge in [-0.25, -0.2) is 4.98 Å². The molecule has 1 aromatic heterocycles. The predicted octanol–water partition coefficient (Wildman–Crippen LogP) is 2.61. The number of carbonyl (C=O) groups excluding carboxylic acids is 1. The van der Waals surface area contributed by atoms with Crippen LogP contribution < -0.4 is 9.64 Å². The van der Waals surface area contributed by atoms with Gasteiger partial charge in [-0.05, 0) is 30.7 Å². The van der Waals surface area contributed by atoms with Crippen LogP contribution in [0.3, 0.4) is 0 Å². The highest BCUT2D eigenvalue weighted by molar-refractivity contribution is 5.92. The van der Waals surface area contributed by atoms with Crippen molar-refractivity contribution in [2.75, 3.05) is 39.2 Å². The van der Waals surface area contributed by atoms with Gasteiger partial charge in [-0.1, -0.05) is 18.2 Å². The van der Waals surface area contributed by atoms with Crippen LogP contribution in [0.1, 0.15) is 16.1 Å². The lowest BCUT2D eigenvalue weighted by Crippen LogP contribution is -2.31. The second-order valence-electron chi connectivity index (χ2n) is 5.64. The lowest BCUT2D eigenvalue weighted by molar-refractivity contribution is 0.0768. The number of hydrogen-bond donors (Lipinski definition) is 0. The molecule has 0 saturated heterocycles. The SMILES string of the molecule is Cc1ccccc1OCCN(C)C(=O)c1ccc(N(C)C)cn1. The van der Waals surface area contributed by atoms with E-state index in [2.05, 4.69) is 4.98 Å². The molecular formula is C18H23N3O2. The number of hydrogen-bond acceptors (Lipinski definition) is 4. The summed E-state index contributed by atoms with van der Waals surface area (Å²) in [4.78, 5) is 20.1. The molecule has 122 valence electrons. The number of carbonyl (C=O) groups is 1. The molecule has 23 heavy (non-hydrogen) atoms. The number of anilines is 1. The number of aromatic nitrogens is 1. The molecule has 0 unspecified atom stereocenters. The number of likely N-dealkylation sites (N-methyl/N-ethyl adjacent to an activating group) is 1. The van der Waals surface area contributed by atoms with Crippen LogP contribution in [0.2, 0.25) is 0 Å². The van der Waals surface area contributed by atoms with Crippen molar-refractivity contribution in [3.63, 3.8) is 0 Å². The van der Waals surface area contributed by atoms with Gasteiger partial charge < -0.3 is 14.5 Å². The van der Waals surface area contributed by atoms with E-state index in [-0.39, 0.29) is 5.91 Å². The van der Waals surface area contributed by atoms with Crippen LogP contribution in [0, 0.1) is 6.92 Å². The monoisotopic (exact) mass is 313 g/mol. The van der Waals surface area contributed by atoms with Gasteiger partial charge in [-0.15, -0.1) is 0 Å². The highest BCUT2D eigenvalue weighted by atomic mass is 16.5. The Kier molecular flexibility index (Phi) is 5.57. The van der Waals surface area contributed by atoms with Crippen LogP contribution in [-0.2, 0) is 0 Å². The Labute approximate surface area is 137 Å². The average Bonchev–Trinajstić information content (AvgIpc) is 2.56. The first-order valence-corrected chi connectivity index (χ1v) is 7.56. The standard InChI is InChI=1S/C18H23N3O2/c1-14-7-5-6-8-17(14)23-12-11-21(4)18(22)16-10-9-15(13-19-16)20(2)3/h5-10,13H,11-12H2,1-4H3. The molecule has 0 atom stereocenters. The van der Waals surface area contributed by atoms with E-state index in [0.717, 1.165) is 17.0 Å². The average molecular weight is 313 g/mol. The number of rotatable bonds is 6. The molecular weight excluding hydrogens is 290 g/mol. The molecule has 0 spiro atoms. The summed E-state index contributed by atoms with van der Waals surface area (Å²) < 4.78 is 5.72. The van der Waals surface area contributed by atoms with Crippen molar-refractivity contribution in [3.05, 3.63) is 53.9 Å². The third kappa shape index (κ3) is 4.45. The molecule has 0 saturated carbocycles. The van der Waals surface area contributed by atoms with E-state index in [4.69, 9.17) is 4.74 Å². The molecule has 1 amide bonds. The predicted molar refractivity (Wildman–Crippen MR) is 92.2 cm³/mol. The Morgan fingerprint density at radius 2 is 1.87 bits per heavy atom. The zero-order chi connectivity index (χ0) is 16.8. The topological polar surface area (TPSA) is 45.7 Å². The maximum atomic E-state index is 12.3. The fourth-order valence-electron chi connectivity index (χ4n) is 2.09. The minimum Gasteiger partial charge on any atom is -0.491 e. The Balaban J connectivity index is 1.88. The number of amides is 1. The zero-order valence-corrected chi connectivity index (χ0v) is 14.1. The third-order valence-electron chi connectivity index (χ3n) is 3.61. The number of para-hydroxylation sites is 1. The van der Waals surface area contributed by atoms with Crippen molar-refractivity contribution in [2.24, 2.45) is 0 Å². The van der Waals surface area contributed by atoms with E-state index < -0.39 is 0 Å². The Hall–Kier alpha value is -2.56. The van der Waals surface area contributed by atoms with Crippen molar-refractivity contribution in [2.45, 2.75) is 6.92 Å². The van der Waals surface area contributed by atoms with Crippen LogP contribution in [0.4, 0.5) is 5.69 Å². The normalized spacial score (nSPS) is 10.3. The molecule has 1 aromatic carbocycles. The molecule has 1 heterocycles. The summed E-state index contributed by atoms with van der Waals surface area (Å²) >= 11 is 0. The quantitative estimate of drug-likeness (QED) is 0.822. The van der Waals surface area contributed by atoms with E-state index in [1.807, 2.05) is 56.3 Å². The van der Waals surface area contributed by atoms with Gasteiger partial charge in [0.25, 0.3) is 5.91 Å². The van der Waals surface area contributed by atoms with Crippen molar-refractivity contribution >= 4 is 11.6 Å². The first-order chi connectivity index (χ1) is 11.0. The Bertz CT molecular complexity index is 654. The molecule has 5 nitrogen and oxygen atoms in total. The van der Waals surface area contributed by atoms with Gasteiger partial charge in [0.2, 0.25) is 0 Å². The molecule has 0 aliphatic heterocycles. The zero-order valence-electron chi connectivity index (χ0n) is 14.1. The van der Waals surface area contributed by atoms with Crippen LogP contribution >= 0.6 is 0 Å². The van der Waals surface area contributed by atoms with Gasteiger partial charge in [0, 0.05) is 21.1 Å². The lowest BCUT2D eigenvalue weighted by atomic mass is 10.2. The molecule has 0 aliphatic rings. The van der Waals surface area contributed by atoms with Gasteiger partial charge in [0.1, 0.15) is 18.1 Å². The lowest BCUT2D eigenvalue weighted by Gasteiger charge is -2.18. The van der Waals surface area contributed by atoms with Crippen molar-refractivity contribution < 1.29 is 9.53 Å². The molecule has 0 radical (unpaired) electrons. The van der Waals surface area contributed by atoms with Crippen molar-refractivity contribution in [1.82, 2.24) is 9.88 Å². The molecule has 2 aromatic rings. The number of benzene rings is 1. The van der Waals surface area contributed by atoms with Crippen LogP contribution in [0.25, 0.3) is 0 Å². The Morgan fingerprint density at radius 1 is 1.13 bits per heavy atom. The number of pyridine rings is 1. The van der Waals surface area contributed by atoms with Crippen molar-refractivity contribution in [3.8, 4) is 5.75 Å². The number of nitrogens with zero attached hydrogens (tertiary/aromatic N) is 3.